The minimum atomic E-state index is -0.404. The summed E-state index contributed by atoms with van der Waals surface area (Å²) in [6.45, 7) is 2.05. The van der Waals surface area contributed by atoms with Gasteiger partial charge in [0.1, 0.15) is 11.2 Å². The Morgan fingerprint density at radius 3 is 2.68 bits per heavy atom. The maximum absolute atomic E-state index is 12.5. The van der Waals surface area contributed by atoms with Gasteiger partial charge in [-0.3, -0.25) is 0 Å². The highest BCUT2D eigenvalue weighted by Crippen LogP contribution is 2.28. The van der Waals surface area contributed by atoms with Gasteiger partial charge in [0.2, 0.25) is 0 Å². The number of furan rings is 1. The Morgan fingerprint density at radius 2 is 1.96 bits per heavy atom. The Hall–Kier alpha value is -3.34. The van der Waals surface area contributed by atoms with E-state index < -0.39 is 5.97 Å². The third kappa shape index (κ3) is 2.80. The molecule has 4 rings (SSSR count). The van der Waals surface area contributed by atoms with Gasteiger partial charge in [-0.2, -0.15) is 5.10 Å². The van der Waals surface area contributed by atoms with E-state index in [9.17, 15) is 4.79 Å². The number of nitrogens with zero attached hydrogens (tertiary/aromatic N) is 2. The topological polar surface area (TPSA) is 56.7 Å². The van der Waals surface area contributed by atoms with E-state index in [0.29, 0.717) is 22.8 Å². The van der Waals surface area contributed by atoms with E-state index in [0.717, 1.165) is 17.6 Å². The maximum Gasteiger partial charge on any atom is 0.343 e. The van der Waals surface area contributed by atoms with Crippen molar-refractivity contribution >= 4 is 11.5 Å². The third-order valence-electron chi connectivity index (χ3n) is 4.01. The number of ether oxygens (including phenoxy) is 1. The van der Waals surface area contributed by atoms with Gasteiger partial charge in [0.05, 0.1) is 11.8 Å². The lowest BCUT2D eigenvalue weighted by atomic mass is 10.2. The molecule has 0 spiro atoms. The number of hydrogen-bond acceptors (Lipinski definition) is 4. The van der Waals surface area contributed by atoms with Gasteiger partial charge >= 0.3 is 5.97 Å². The molecule has 0 unspecified atom stereocenters. The number of benzene rings is 1. The van der Waals surface area contributed by atoms with Crippen LogP contribution in [0.1, 0.15) is 23.0 Å². The van der Waals surface area contributed by atoms with Gasteiger partial charge in [0.15, 0.2) is 11.5 Å². The molecule has 0 amide bonds. The standard InChI is InChI=1S/C20H16N2O3/c1-2-15-10-11-17-19(25-20(23)14-7-4-3-5-8-14)13-16(21-22(15)17)18-9-6-12-24-18/h3-13H,2H2,1H3. The molecule has 0 aliphatic rings. The first-order valence-corrected chi connectivity index (χ1v) is 8.09. The van der Waals surface area contributed by atoms with Crippen LogP contribution >= 0.6 is 0 Å². The molecule has 0 saturated carbocycles. The van der Waals surface area contributed by atoms with Gasteiger partial charge in [-0.1, -0.05) is 25.1 Å². The first kappa shape index (κ1) is 15.2. The SMILES string of the molecule is CCc1ccc2c(OC(=O)c3ccccc3)cc(-c3ccco3)nn12. The van der Waals surface area contributed by atoms with Crippen LogP contribution in [0.5, 0.6) is 5.75 Å². The van der Waals surface area contributed by atoms with Gasteiger partial charge in [-0.05, 0) is 42.8 Å². The molecule has 0 N–H and O–H groups in total. The predicted octanol–water partition coefficient (Wildman–Crippen LogP) is 4.38. The zero-order chi connectivity index (χ0) is 17.2. The molecule has 5 heteroatoms. The minimum Gasteiger partial charge on any atom is -0.463 e. The number of hydrogen-bond donors (Lipinski definition) is 0. The van der Waals surface area contributed by atoms with Crippen LogP contribution in [0.15, 0.2) is 71.3 Å². The van der Waals surface area contributed by atoms with E-state index in [-0.39, 0.29) is 0 Å². The van der Waals surface area contributed by atoms with Crippen LogP contribution < -0.4 is 4.74 Å². The number of carbonyl (C=O) groups excluding carboxylic acids is 1. The number of aryl methyl sites for hydroxylation is 1. The quantitative estimate of drug-likeness (QED) is 0.521. The summed E-state index contributed by atoms with van der Waals surface area (Å²) < 4.78 is 12.9. The van der Waals surface area contributed by atoms with E-state index in [1.165, 1.54) is 0 Å². The van der Waals surface area contributed by atoms with Crippen molar-refractivity contribution in [1.29, 1.82) is 0 Å². The van der Waals surface area contributed by atoms with Crippen molar-refractivity contribution < 1.29 is 13.9 Å². The molecule has 1 aromatic carbocycles. The van der Waals surface area contributed by atoms with Crippen molar-refractivity contribution in [2.45, 2.75) is 13.3 Å². The van der Waals surface area contributed by atoms with Crippen molar-refractivity contribution in [2.75, 3.05) is 0 Å². The van der Waals surface area contributed by atoms with Gasteiger partial charge in [0.25, 0.3) is 0 Å². The summed E-state index contributed by atoms with van der Waals surface area (Å²) in [6.07, 6.45) is 2.40. The van der Waals surface area contributed by atoms with Crippen molar-refractivity contribution in [3.63, 3.8) is 0 Å². The first-order chi connectivity index (χ1) is 12.3. The summed E-state index contributed by atoms with van der Waals surface area (Å²) in [4.78, 5) is 12.5. The molecule has 0 aliphatic carbocycles. The molecule has 0 fully saturated rings. The Bertz CT molecular complexity index is 1020. The molecule has 124 valence electrons. The summed E-state index contributed by atoms with van der Waals surface area (Å²) in [5.74, 6) is 0.669. The highest BCUT2D eigenvalue weighted by atomic mass is 16.5. The summed E-state index contributed by atoms with van der Waals surface area (Å²) in [7, 11) is 0. The normalized spacial score (nSPS) is 10.9. The molecule has 0 aliphatic heterocycles. The fourth-order valence-electron chi connectivity index (χ4n) is 2.74. The van der Waals surface area contributed by atoms with Crippen LogP contribution in [-0.4, -0.2) is 15.6 Å². The highest BCUT2D eigenvalue weighted by Gasteiger charge is 2.16. The van der Waals surface area contributed by atoms with E-state index >= 15 is 0 Å². The second-order valence-corrected chi connectivity index (χ2v) is 5.60. The fraction of sp³-hybridized carbons (Fsp3) is 0.100. The van der Waals surface area contributed by atoms with Crippen LogP contribution in [0.4, 0.5) is 0 Å². The second kappa shape index (κ2) is 6.28. The predicted molar refractivity (Wildman–Crippen MR) is 93.7 cm³/mol. The van der Waals surface area contributed by atoms with E-state index in [2.05, 4.69) is 12.0 Å². The Labute approximate surface area is 144 Å². The van der Waals surface area contributed by atoms with Crippen molar-refractivity contribution in [1.82, 2.24) is 9.61 Å². The largest absolute Gasteiger partial charge is 0.463 e. The lowest BCUT2D eigenvalue weighted by Crippen LogP contribution is -2.10. The number of rotatable bonds is 4. The molecule has 0 saturated heterocycles. The molecular formula is C20H16N2O3. The zero-order valence-corrected chi connectivity index (χ0v) is 13.7. The molecule has 3 aromatic heterocycles. The van der Waals surface area contributed by atoms with Crippen molar-refractivity contribution in [3.05, 3.63) is 78.2 Å². The van der Waals surface area contributed by atoms with Crippen LogP contribution in [0.25, 0.3) is 17.0 Å². The molecule has 4 aromatic rings. The summed E-state index contributed by atoms with van der Waals surface area (Å²) >= 11 is 0. The monoisotopic (exact) mass is 332 g/mol. The molecule has 3 heterocycles. The number of esters is 1. The smallest absolute Gasteiger partial charge is 0.343 e. The third-order valence-corrected chi connectivity index (χ3v) is 4.01. The van der Waals surface area contributed by atoms with E-state index in [1.807, 2.05) is 24.3 Å². The van der Waals surface area contributed by atoms with Crippen LogP contribution in [-0.2, 0) is 6.42 Å². The van der Waals surface area contributed by atoms with Gasteiger partial charge < -0.3 is 9.15 Å². The van der Waals surface area contributed by atoms with Gasteiger partial charge in [-0.25, -0.2) is 9.31 Å². The molecule has 25 heavy (non-hydrogen) atoms. The van der Waals surface area contributed by atoms with Gasteiger partial charge in [-0.15, -0.1) is 0 Å². The first-order valence-electron chi connectivity index (χ1n) is 8.09. The Kier molecular flexibility index (Phi) is 3.82. The molecule has 0 radical (unpaired) electrons. The average Bonchev–Trinajstić information content (AvgIpc) is 3.32. The summed E-state index contributed by atoms with van der Waals surface area (Å²) in [5.41, 5.74) is 2.88. The number of aromatic nitrogens is 2. The zero-order valence-electron chi connectivity index (χ0n) is 13.7. The highest BCUT2D eigenvalue weighted by molar-refractivity contribution is 5.92. The van der Waals surface area contributed by atoms with Gasteiger partial charge in [0, 0.05) is 11.8 Å². The van der Waals surface area contributed by atoms with Crippen molar-refractivity contribution in [3.8, 4) is 17.2 Å². The summed E-state index contributed by atoms with van der Waals surface area (Å²) in [5, 5.41) is 4.62. The number of fused-ring (bicyclic) bond motifs is 1. The van der Waals surface area contributed by atoms with E-state index in [1.54, 1.807) is 47.2 Å². The minimum absolute atomic E-state index is 0.404. The molecule has 5 nitrogen and oxygen atoms in total. The molecular weight excluding hydrogens is 316 g/mol. The second-order valence-electron chi connectivity index (χ2n) is 5.60. The van der Waals surface area contributed by atoms with Crippen molar-refractivity contribution in [2.24, 2.45) is 0 Å². The maximum atomic E-state index is 12.5. The number of carbonyl (C=O) groups is 1. The lowest BCUT2D eigenvalue weighted by Gasteiger charge is -2.09. The summed E-state index contributed by atoms with van der Waals surface area (Å²) in [6, 6.07) is 18.2. The molecule has 0 atom stereocenters. The van der Waals surface area contributed by atoms with E-state index in [4.69, 9.17) is 9.15 Å². The Balaban J connectivity index is 1.81. The Morgan fingerprint density at radius 1 is 1.12 bits per heavy atom. The lowest BCUT2D eigenvalue weighted by molar-refractivity contribution is 0.0736. The fourth-order valence-corrected chi connectivity index (χ4v) is 2.74. The van der Waals surface area contributed by atoms with Crippen LogP contribution in [0.2, 0.25) is 0 Å². The average molecular weight is 332 g/mol. The van der Waals surface area contributed by atoms with Crippen LogP contribution in [0, 0.1) is 0 Å². The van der Waals surface area contributed by atoms with Crippen LogP contribution in [0.3, 0.4) is 0 Å². The molecule has 0 bridgehead atoms.